The number of halogens is 2. The zero-order valence-electron chi connectivity index (χ0n) is 15.3. The number of primary amides is 1. The molecule has 1 aromatic carbocycles. The summed E-state index contributed by atoms with van der Waals surface area (Å²) in [5.74, 6) is -0.220. The van der Waals surface area contributed by atoms with Crippen molar-refractivity contribution in [3.63, 3.8) is 0 Å². The Morgan fingerprint density at radius 3 is 2.59 bits per heavy atom. The summed E-state index contributed by atoms with van der Waals surface area (Å²) >= 11 is 0. The first-order valence-electron chi connectivity index (χ1n) is 9.35. The van der Waals surface area contributed by atoms with Gasteiger partial charge in [0, 0.05) is 25.2 Å². The summed E-state index contributed by atoms with van der Waals surface area (Å²) in [5, 5.41) is 5.81. The molecule has 8 heteroatoms. The van der Waals surface area contributed by atoms with Gasteiger partial charge in [-0.3, -0.25) is 9.59 Å². The van der Waals surface area contributed by atoms with Gasteiger partial charge in [-0.15, -0.1) is 0 Å². The van der Waals surface area contributed by atoms with Gasteiger partial charge in [-0.2, -0.15) is 8.78 Å². The van der Waals surface area contributed by atoms with Gasteiger partial charge in [-0.25, -0.2) is 0 Å². The average Bonchev–Trinajstić information content (AvgIpc) is 2.64. The summed E-state index contributed by atoms with van der Waals surface area (Å²) in [6, 6.07) is 3.94. The number of nitrogens with one attached hydrogen (secondary N) is 2. The summed E-state index contributed by atoms with van der Waals surface area (Å²) in [6.45, 7) is -2.21. The number of hydrogen-bond acceptors (Lipinski definition) is 4. The molecule has 1 fully saturated rings. The number of rotatable bonds is 10. The number of ether oxygens (including phenoxy) is 1. The quantitative estimate of drug-likeness (QED) is 0.541. The molecule has 0 unspecified atom stereocenters. The van der Waals surface area contributed by atoms with Crippen LogP contribution in [-0.4, -0.2) is 31.5 Å². The third kappa shape index (κ3) is 7.40. The summed E-state index contributed by atoms with van der Waals surface area (Å²) in [5.41, 5.74) is 5.74. The van der Waals surface area contributed by atoms with E-state index in [1.807, 2.05) is 0 Å². The minimum atomic E-state index is -2.98. The fraction of sp³-hybridized carbons (Fsp3) is 0.579. The third-order valence-corrected chi connectivity index (χ3v) is 4.75. The minimum Gasteiger partial charge on any atom is -0.435 e. The Morgan fingerprint density at radius 2 is 1.93 bits per heavy atom. The van der Waals surface area contributed by atoms with Crippen LogP contribution in [0, 0.1) is 5.92 Å². The zero-order valence-corrected chi connectivity index (χ0v) is 15.3. The highest BCUT2D eigenvalue weighted by Crippen LogP contribution is 2.27. The van der Waals surface area contributed by atoms with E-state index < -0.39 is 12.5 Å². The van der Waals surface area contributed by atoms with E-state index in [-0.39, 0.29) is 17.2 Å². The van der Waals surface area contributed by atoms with Gasteiger partial charge in [-0.1, -0.05) is 32.1 Å². The highest BCUT2D eigenvalue weighted by Gasteiger charge is 2.15. The molecule has 6 nitrogen and oxygen atoms in total. The van der Waals surface area contributed by atoms with E-state index in [2.05, 4.69) is 15.4 Å². The van der Waals surface area contributed by atoms with Crippen LogP contribution in [0.15, 0.2) is 18.2 Å². The SMILES string of the molecule is NC(=O)c1cc(OC(F)F)ccc1NCCNC(=O)CCC1CCCCC1. The van der Waals surface area contributed by atoms with E-state index in [4.69, 9.17) is 5.73 Å². The Kier molecular flexibility index (Phi) is 8.29. The van der Waals surface area contributed by atoms with Crippen molar-refractivity contribution in [1.29, 1.82) is 0 Å². The van der Waals surface area contributed by atoms with Crippen LogP contribution in [0.2, 0.25) is 0 Å². The van der Waals surface area contributed by atoms with Crippen molar-refractivity contribution in [1.82, 2.24) is 5.32 Å². The average molecular weight is 383 g/mol. The summed E-state index contributed by atoms with van der Waals surface area (Å²) in [4.78, 5) is 23.4. The molecule has 0 atom stereocenters. The van der Waals surface area contributed by atoms with Crippen LogP contribution in [0.1, 0.15) is 55.3 Å². The Balaban J connectivity index is 1.73. The maximum absolute atomic E-state index is 12.3. The molecule has 1 saturated carbocycles. The van der Waals surface area contributed by atoms with Crippen LogP contribution in [-0.2, 0) is 4.79 Å². The van der Waals surface area contributed by atoms with E-state index in [1.165, 1.54) is 50.3 Å². The highest BCUT2D eigenvalue weighted by molar-refractivity contribution is 5.98. The summed E-state index contributed by atoms with van der Waals surface area (Å²) in [7, 11) is 0. The molecule has 2 rings (SSSR count). The van der Waals surface area contributed by atoms with E-state index >= 15 is 0 Å². The first-order chi connectivity index (χ1) is 13.0. The van der Waals surface area contributed by atoms with Crippen LogP contribution < -0.4 is 21.1 Å². The molecule has 0 heterocycles. The lowest BCUT2D eigenvalue weighted by atomic mass is 9.86. The largest absolute Gasteiger partial charge is 0.435 e. The fourth-order valence-electron chi connectivity index (χ4n) is 3.36. The van der Waals surface area contributed by atoms with Crippen molar-refractivity contribution in [3.05, 3.63) is 23.8 Å². The first-order valence-corrected chi connectivity index (χ1v) is 9.35. The molecule has 1 aliphatic carbocycles. The molecule has 150 valence electrons. The Labute approximate surface area is 157 Å². The van der Waals surface area contributed by atoms with Crippen LogP contribution in [0.5, 0.6) is 5.75 Å². The van der Waals surface area contributed by atoms with Crippen molar-refractivity contribution < 1.29 is 23.1 Å². The van der Waals surface area contributed by atoms with Gasteiger partial charge >= 0.3 is 6.61 Å². The molecular formula is C19H27F2N3O3. The molecule has 27 heavy (non-hydrogen) atoms. The molecule has 2 amide bonds. The third-order valence-electron chi connectivity index (χ3n) is 4.75. The number of carbonyl (C=O) groups excluding carboxylic acids is 2. The molecule has 0 aromatic heterocycles. The predicted octanol–water partition coefficient (Wildman–Crippen LogP) is 3.28. The molecule has 4 N–H and O–H groups in total. The van der Waals surface area contributed by atoms with E-state index in [0.29, 0.717) is 31.1 Å². The van der Waals surface area contributed by atoms with Gasteiger partial charge in [0.25, 0.3) is 5.91 Å². The van der Waals surface area contributed by atoms with Gasteiger partial charge in [0.15, 0.2) is 0 Å². The maximum atomic E-state index is 12.3. The van der Waals surface area contributed by atoms with E-state index in [0.717, 1.165) is 6.42 Å². The molecule has 0 spiro atoms. The van der Waals surface area contributed by atoms with Gasteiger partial charge in [0.05, 0.1) is 5.56 Å². The summed E-state index contributed by atoms with van der Waals surface area (Å²) < 4.78 is 28.8. The molecular weight excluding hydrogens is 356 g/mol. The molecule has 0 radical (unpaired) electrons. The predicted molar refractivity (Wildman–Crippen MR) is 98.9 cm³/mol. The van der Waals surface area contributed by atoms with Crippen LogP contribution >= 0.6 is 0 Å². The van der Waals surface area contributed by atoms with Gasteiger partial charge in [-0.05, 0) is 30.5 Å². The fourth-order valence-corrected chi connectivity index (χ4v) is 3.36. The van der Waals surface area contributed by atoms with Crippen molar-refractivity contribution in [3.8, 4) is 5.75 Å². The number of amides is 2. The number of alkyl halides is 2. The van der Waals surface area contributed by atoms with Crippen LogP contribution in [0.4, 0.5) is 14.5 Å². The summed E-state index contributed by atoms with van der Waals surface area (Å²) in [6.07, 6.45) is 7.72. The van der Waals surface area contributed by atoms with Crippen LogP contribution in [0.25, 0.3) is 0 Å². The highest BCUT2D eigenvalue weighted by atomic mass is 19.3. The van der Waals surface area contributed by atoms with Gasteiger partial charge < -0.3 is 21.1 Å². The molecule has 0 aliphatic heterocycles. The normalized spacial score (nSPS) is 14.8. The van der Waals surface area contributed by atoms with Crippen molar-refractivity contribution in [2.24, 2.45) is 11.7 Å². The lowest BCUT2D eigenvalue weighted by Gasteiger charge is -2.21. The number of nitrogens with two attached hydrogens (primary N) is 1. The number of benzene rings is 1. The number of anilines is 1. The van der Waals surface area contributed by atoms with Crippen molar-refractivity contribution >= 4 is 17.5 Å². The Morgan fingerprint density at radius 1 is 1.19 bits per heavy atom. The first kappa shape index (κ1) is 20.9. The van der Waals surface area contributed by atoms with Crippen LogP contribution in [0.3, 0.4) is 0 Å². The van der Waals surface area contributed by atoms with Gasteiger partial charge in [0.2, 0.25) is 5.91 Å². The zero-order chi connectivity index (χ0) is 19.6. The molecule has 1 aromatic rings. The minimum absolute atomic E-state index is 0.0122. The second-order valence-electron chi connectivity index (χ2n) is 6.77. The molecule has 0 saturated heterocycles. The molecule has 1 aliphatic rings. The smallest absolute Gasteiger partial charge is 0.387 e. The second-order valence-corrected chi connectivity index (χ2v) is 6.77. The lowest BCUT2D eigenvalue weighted by molar-refractivity contribution is -0.121. The number of carbonyl (C=O) groups is 2. The lowest BCUT2D eigenvalue weighted by Crippen LogP contribution is -2.29. The monoisotopic (exact) mass is 383 g/mol. The van der Waals surface area contributed by atoms with Crippen molar-refractivity contribution in [2.45, 2.75) is 51.6 Å². The second kappa shape index (κ2) is 10.7. The standard InChI is InChI=1S/C19H27F2N3O3/c20-19(21)27-14-7-8-16(15(12-14)18(22)26)23-10-11-24-17(25)9-6-13-4-2-1-3-5-13/h7-8,12-13,19,23H,1-6,9-11H2,(H2,22,26)(H,24,25). The van der Waals surface area contributed by atoms with E-state index in [9.17, 15) is 18.4 Å². The van der Waals surface area contributed by atoms with Crippen molar-refractivity contribution in [2.75, 3.05) is 18.4 Å². The topological polar surface area (TPSA) is 93.5 Å². The Hall–Kier alpha value is -2.38. The Bertz CT molecular complexity index is 635. The van der Waals surface area contributed by atoms with Gasteiger partial charge in [0.1, 0.15) is 5.75 Å². The maximum Gasteiger partial charge on any atom is 0.387 e. The van der Waals surface area contributed by atoms with E-state index in [1.54, 1.807) is 0 Å². The molecule has 0 bridgehead atoms. The number of hydrogen-bond donors (Lipinski definition) is 3.